The molecule has 3 rings (SSSR count). The minimum absolute atomic E-state index is 0.00136. The Kier molecular flexibility index (Phi) is 5.80. The van der Waals surface area contributed by atoms with E-state index in [1.54, 1.807) is 16.3 Å². The van der Waals surface area contributed by atoms with Crippen molar-refractivity contribution < 1.29 is 4.79 Å². The van der Waals surface area contributed by atoms with Crippen LogP contribution < -0.4 is 10.9 Å². The number of nitrogens with one attached hydrogen (secondary N) is 1. The molecule has 7 nitrogen and oxygen atoms in total. The smallest absolute Gasteiger partial charge is 0.268 e. The van der Waals surface area contributed by atoms with E-state index >= 15 is 0 Å². The highest BCUT2D eigenvalue weighted by molar-refractivity contribution is 8.00. The second kappa shape index (κ2) is 7.88. The molecule has 3 heterocycles. The first-order chi connectivity index (χ1) is 12.0. The maximum absolute atomic E-state index is 12.6. The molecule has 0 fully saturated rings. The molecule has 2 aromatic rings. The number of thioether (sulfide) groups is 2. The van der Waals surface area contributed by atoms with Crippen molar-refractivity contribution in [2.75, 3.05) is 11.1 Å². The zero-order chi connectivity index (χ0) is 18.0. The monoisotopic (exact) mass is 397 g/mol. The highest BCUT2D eigenvalue weighted by Crippen LogP contribution is 2.34. The van der Waals surface area contributed by atoms with Crippen molar-refractivity contribution in [3.05, 3.63) is 21.1 Å². The first-order valence-electron chi connectivity index (χ1n) is 8.07. The van der Waals surface area contributed by atoms with Crippen LogP contribution in [0, 0.1) is 0 Å². The number of aryl methyl sites for hydroxylation is 1. The molecule has 0 bridgehead atoms. The fourth-order valence-corrected chi connectivity index (χ4v) is 5.14. The predicted molar refractivity (Wildman–Crippen MR) is 102 cm³/mol. The number of carbonyl (C=O) groups is 1. The molecule has 0 saturated heterocycles. The lowest BCUT2D eigenvalue weighted by Gasteiger charge is -2.11. The van der Waals surface area contributed by atoms with E-state index in [0.29, 0.717) is 22.1 Å². The lowest BCUT2D eigenvalue weighted by Crippen LogP contribution is -2.25. The Hall–Kier alpha value is -1.39. The maximum atomic E-state index is 12.6. The van der Waals surface area contributed by atoms with Gasteiger partial charge in [-0.25, -0.2) is 4.98 Å². The Morgan fingerprint density at radius 2 is 2.20 bits per heavy atom. The Balaban J connectivity index is 1.70. The van der Waals surface area contributed by atoms with Gasteiger partial charge in [-0.1, -0.05) is 36.9 Å². The van der Waals surface area contributed by atoms with Crippen molar-refractivity contribution in [3.8, 4) is 0 Å². The summed E-state index contributed by atoms with van der Waals surface area (Å²) in [6.07, 6.45) is 1.59. The molecule has 134 valence electrons. The van der Waals surface area contributed by atoms with E-state index in [0.717, 1.165) is 28.4 Å². The third-order valence-electron chi connectivity index (χ3n) is 3.63. The van der Waals surface area contributed by atoms with Gasteiger partial charge < -0.3 is 0 Å². The fraction of sp³-hybridized carbons (Fsp3) is 0.533. The van der Waals surface area contributed by atoms with Gasteiger partial charge in [0, 0.05) is 18.2 Å². The Labute approximate surface area is 158 Å². The fourth-order valence-electron chi connectivity index (χ4n) is 2.45. The zero-order valence-corrected chi connectivity index (χ0v) is 16.7. The molecule has 10 heteroatoms. The number of carbonyl (C=O) groups excluding carboxylic acids is 1. The number of nitrogens with zero attached hydrogens (tertiary/aromatic N) is 4. The van der Waals surface area contributed by atoms with Crippen molar-refractivity contribution >= 4 is 45.9 Å². The molecule has 0 spiro atoms. The summed E-state index contributed by atoms with van der Waals surface area (Å²) < 4.78 is 1.64. The summed E-state index contributed by atoms with van der Waals surface area (Å²) >= 11 is 4.24. The molecule has 1 N–H and O–H groups in total. The Bertz CT molecular complexity index is 848. The molecule has 25 heavy (non-hydrogen) atoms. The molecule has 1 atom stereocenters. The van der Waals surface area contributed by atoms with Gasteiger partial charge in [0.2, 0.25) is 11.0 Å². The van der Waals surface area contributed by atoms with Gasteiger partial charge in [0.05, 0.1) is 16.3 Å². The van der Waals surface area contributed by atoms with Crippen LogP contribution in [-0.4, -0.2) is 36.7 Å². The van der Waals surface area contributed by atoms with Gasteiger partial charge in [-0.15, -0.1) is 22.0 Å². The largest absolute Gasteiger partial charge is 0.300 e. The summed E-state index contributed by atoms with van der Waals surface area (Å²) in [5.74, 6) is -0.00134. The summed E-state index contributed by atoms with van der Waals surface area (Å²) in [4.78, 5) is 30.1. The van der Waals surface area contributed by atoms with Gasteiger partial charge in [0.25, 0.3) is 5.56 Å². The Morgan fingerprint density at radius 1 is 1.40 bits per heavy atom. The molecular weight excluding hydrogens is 378 g/mol. The van der Waals surface area contributed by atoms with Gasteiger partial charge >= 0.3 is 0 Å². The Morgan fingerprint density at radius 3 is 2.88 bits per heavy atom. The molecular formula is C15H19N5O2S3. The molecule has 1 aliphatic heterocycles. The van der Waals surface area contributed by atoms with Gasteiger partial charge in [0.1, 0.15) is 5.01 Å². The van der Waals surface area contributed by atoms with E-state index in [4.69, 9.17) is 0 Å². The van der Waals surface area contributed by atoms with E-state index in [9.17, 15) is 9.59 Å². The van der Waals surface area contributed by atoms with Crippen molar-refractivity contribution in [2.24, 2.45) is 0 Å². The van der Waals surface area contributed by atoms with E-state index in [1.165, 1.54) is 23.1 Å². The second-order valence-electron chi connectivity index (χ2n) is 5.54. The summed E-state index contributed by atoms with van der Waals surface area (Å²) in [5.41, 5.74) is 0.855. The van der Waals surface area contributed by atoms with Crippen LogP contribution in [0.5, 0.6) is 0 Å². The maximum Gasteiger partial charge on any atom is 0.268 e. The van der Waals surface area contributed by atoms with Crippen LogP contribution in [0.25, 0.3) is 0 Å². The van der Waals surface area contributed by atoms with Crippen molar-refractivity contribution in [1.82, 2.24) is 19.7 Å². The van der Waals surface area contributed by atoms with Crippen LogP contribution in [0.1, 0.15) is 31.5 Å². The normalized spacial score (nSPS) is 16.0. The summed E-state index contributed by atoms with van der Waals surface area (Å²) in [6, 6.07) is 0. The van der Waals surface area contributed by atoms with Crippen LogP contribution in [0.4, 0.5) is 5.13 Å². The zero-order valence-electron chi connectivity index (χ0n) is 14.2. The summed E-state index contributed by atoms with van der Waals surface area (Å²) in [5, 5.41) is 13.0. The standard InChI is InChI=1S/C15H19N5O2S3/c1-4-11-18-19-14(25-11)17-10(21)7-23-15-16-9-6-8(3)24-12(9)13(22)20(15)5-2/h8H,4-7H2,1-3H3,(H,17,19,21)/t8-/m1/s1. The molecule has 1 aliphatic rings. The number of rotatable bonds is 6. The highest BCUT2D eigenvalue weighted by Gasteiger charge is 2.26. The lowest BCUT2D eigenvalue weighted by molar-refractivity contribution is -0.113. The molecule has 1 amide bonds. The molecule has 0 aromatic carbocycles. The number of hydrogen-bond acceptors (Lipinski definition) is 8. The quantitative estimate of drug-likeness (QED) is 0.591. The number of anilines is 1. The van der Waals surface area contributed by atoms with Crippen molar-refractivity contribution in [1.29, 1.82) is 0 Å². The van der Waals surface area contributed by atoms with Crippen LogP contribution in [0.2, 0.25) is 0 Å². The van der Waals surface area contributed by atoms with E-state index in [1.807, 2.05) is 13.8 Å². The van der Waals surface area contributed by atoms with Gasteiger partial charge in [-0.3, -0.25) is 19.5 Å². The number of amides is 1. The van der Waals surface area contributed by atoms with Gasteiger partial charge in [0.15, 0.2) is 5.16 Å². The average Bonchev–Trinajstić information content (AvgIpc) is 3.19. The van der Waals surface area contributed by atoms with Crippen LogP contribution in [-0.2, 0) is 24.2 Å². The minimum Gasteiger partial charge on any atom is -0.300 e. The molecule has 2 aromatic heterocycles. The average molecular weight is 398 g/mol. The van der Waals surface area contributed by atoms with Gasteiger partial charge in [-0.2, -0.15) is 0 Å². The third-order valence-corrected chi connectivity index (χ3v) is 6.80. The topological polar surface area (TPSA) is 89.8 Å². The van der Waals surface area contributed by atoms with Crippen molar-refractivity contribution in [3.63, 3.8) is 0 Å². The van der Waals surface area contributed by atoms with E-state index in [-0.39, 0.29) is 17.2 Å². The van der Waals surface area contributed by atoms with E-state index < -0.39 is 0 Å². The number of hydrogen-bond donors (Lipinski definition) is 1. The van der Waals surface area contributed by atoms with E-state index in [2.05, 4.69) is 27.4 Å². The molecule has 0 aliphatic carbocycles. The first kappa shape index (κ1) is 18.4. The first-order valence-corrected chi connectivity index (χ1v) is 10.7. The third kappa shape index (κ3) is 4.06. The SMILES string of the molecule is CCc1nnc(NC(=O)CSc2nc3c(c(=O)n2CC)S[C@H](C)C3)s1. The minimum atomic E-state index is -0.177. The van der Waals surface area contributed by atoms with Crippen molar-refractivity contribution in [2.45, 2.75) is 55.5 Å². The molecule has 0 radical (unpaired) electrons. The van der Waals surface area contributed by atoms with Crippen LogP contribution >= 0.6 is 34.9 Å². The van der Waals surface area contributed by atoms with Crippen LogP contribution in [0.3, 0.4) is 0 Å². The number of aromatic nitrogens is 4. The van der Waals surface area contributed by atoms with Gasteiger partial charge in [-0.05, 0) is 13.3 Å². The highest BCUT2D eigenvalue weighted by atomic mass is 32.2. The predicted octanol–water partition coefficient (Wildman–Crippen LogP) is 2.44. The lowest BCUT2D eigenvalue weighted by atomic mass is 10.2. The second-order valence-corrected chi connectivity index (χ2v) is 9.00. The molecule has 0 unspecified atom stereocenters. The number of fused-ring (bicyclic) bond motifs is 1. The molecule has 0 saturated carbocycles. The summed E-state index contributed by atoms with van der Waals surface area (Å²) in [7, 11) is 0. The summed E-state index contributed by atoms with van der Waals surface area (Å²) in [6.45, 7) is 6.53. The van der Waals surface area contributed by atoms with Crippen LogP contribution in [0.15, 0.2) is 14.8 Å².